The van der Waals surface area contributed by atoms with E-state index in [1.165, 1.54) is 30.5 Å². The highest BCUT2D eigenvalue weighted by Gasteiger charge is 2.61. The minimum atomic E-state index is 0.453. The lowest BCUT2D eigenvalue weighted by molar-refractivity contribution is 0.156. The molecule has 0 spiro atoms. The highest BCUT2D eigenvalue weighted by atomic mass is 32.2. The summed E-state index contributed by atoms with van der Waals surface area (Å²) in [5.41, 5.74) is 3.35. The van der Waals surface area contributed by atoms with Crippen LogP contribution >= 0.6 is 11.9 Å². The van der Waals surface area contributed by atoms with Crippen molar-refractivity contribution in [1.82, 2.24) is 0 Å². The topological polar surface area (TPSA) is 15.6 Å². The molecule has 0 heterocycles. The van der Waals surface area contributed by atoms with Crippen molar-refractivity contribution in [2.45, 2.75) is 45.3 Å². The standard InChI is InChI=1S/C19H28N2S/c1-18(2)15-10-11-19(18,3)17(12-15)22-20-13-14-6-8-16(9-7-14)21(4)5/h6-9,13,15,17H,10-12H2,1-5H3/b20-13+/t15-,17-,19+/m0/s1. The molecule has 0 aromatic heterocycles. The van der Waals surface area contributed by atoms with Crippen molar-refractivity contribution in [3.05, 3.63) is 29.8 Å². The van der Waals surface area contributed by atoms with E-state index in [1.807, 2.05) is 18.2 Å². The molecule has 120 valence electrons. The van der Waals surface area contributed by atoms with Gasteiger partial charge in [0, 0.05) is 31.2 Å². The molecule has 3 heteroatoms. The quantitative estimate of drug-likeness (QED) is 0.571. The number of hydrogen-bond acceptors (Lipinski definition) is 3. The highest BCUT2D eigenvalue weighted by Crippen LogP contribution is 2.68. The average Bonchev–Trinajstić information content (AvgIpc) is 2.81. The van der Waals surface area contributed by atoms with Gasteiger partial charge in [-0.15, -0.1) is 0 Å². The van der Waals surface area contributed by atoms with Gasteiger partial charge in [0.05, 0.1) is 0 Å². The number of nitrogens with zero attached hydrogens (tertiary/aromatic N) is 2. The number of anilines is 1. The molecule has 2 aliphatic carbocycles. The van der Waals surface area contributed by atoms with E-state index >= 15 is 0 Å². The second-order valence-electron chi connectivity index (χ2n) is 7.92. The molecule has 3 rings (SSSR count). The maximum Gasteiger partial charge on any atom is 0.0424 e. The number of fused-ring (bicyclic) bond motifs is 2. The Bertz CT molecular complexity index is 561. The molecule has 2 nitrogen and oxygen atoms in total. The number of rotatable bonds is 4. The van der Waals surface area contributed by atoms with Crippen molar-refractivity contribution in [2.24, 2.45) is 21.1 Å². The predicted molar refractivity (Wildman–Crippen MR) is 99.0 cm³/mol. The lowest BCUT2D eigenvalue weighted by Crippen LogP contribution is -2.33. The first kappa shape index (κ1) is 15.9. The van der Waals surface area contributed by atoms with Gasteiger partial charge in [-0.1, -0.05) is 32.9 Å². The highest BCUT2D eigenvalue weighted by molar-refractivity contribution is 7.98. The maximum atomic E-state index is 4.71. The van der Waals surface area contributed by atoms with Gasteiger partial charge in [-0.05, 0) is 65.7 Å². The van der Waals surface area contributed by atoms with Gasteiger partial charge in [-0.25, -0.2) is 4.40 Å². The number of benzene rings is 1. The van der Waals surface area contributed by atoms with Crippen molar-refractivity contribution in [1.29, 1.82) is 0 Å². The van der Waals surface area contributed by atoms with Gasteiger partial charge in [0.2, 0.25) is 0 Å². The SMILES string of the molecule is CN(C)c1ccc(/C=N/S[C@H]2C[C@@H]3CC[C@@]2(C)C3(C)C)cc1. The summed E-state index contributed by atoms with van der Waals surface area (Å²) in [5.74, 6) is 0.893. The van der Waals surface area contributed by atoms with Gasteiger partial charge >= 0.3 is 0 Å². The Labute approximate surface area is 139 Å². The molecule has 1 aromatic rings. The minimum absolute atomic E-state index is 0.453. The smallest absolute Gasteiger partial charge is 0.0424 e. The van der Waals surface area contributed by atoms with Crippen LogP contribution in [0.4, 0.5) is 5.69 Å². The van der Waals surface area contributed by atoms with Gasteiger partial charge in [0.15, 0.2) is 0 Å². The Morgan fingerprint density at radius 3 is 2.36 bits per heavy atom. The van der Waals surface area contributed by atoms with Crippen molar-refractivity contribution in [3.8, 4) is 0 Å². The second kappa shape index (κ2) is 5.59. The van der Waals surface area contributed by atoms with Crippen LogP contribution in [0.5, 0.6) is 0 Å². The van der Waals surface area contributed by atoms with Crippen LogP contribution in [0.25, 0.3) is 0 Å². The van der Waals surface area contributed by atoms with Crippen molar-refractivity contribution in [2.75, 3.05) is 19.0 Å². The Balaban J connectivity index is 1.64. The molecule has 0 saturated heterocycles. The van der Waals surface area contributed by atoms with Gasteiger partial charge in [-0.2, -0.15) is 0 Å². The third-order valence-electron chi connectivity index (χ3n) is 6.51. The van der Waals surface area contributed by atoms with Crippen molar-refractivity contribution >= 4 is 23.8 Å². The molecule has 2 bridgehead atoms. The van der Waals surface area contributed by atoms with Crippen LogP contribution in [0, 0.1) is 16.7 Å². The van der Waals surface area contributed by atoms with Crippen molar-refractivity contribution < 1.29 is 0 Å². The van der Waals surface area contributed by atoms with Crippen molar-refractivity contribution in [3.63, 3.8) is 0 Å². The van der Waals surface area contributed by atoms with Crippen LogP contribution in [0.1, 0.15) is 45.6 Å². The van der Waals surface area contributed by atoms with E-state index in [4.69, 9.17) is 4.40 Å². The summed E-state index contributed by atoms with van der Waals surface area (Å²) in [4.78, 5) is 2.12. The van der Waals surface area contributed by atoms with E-state index in [-0.39, 0.29) is 0 Å². The van der Waals surface area contributed by atoms with Gasteiger partial charge in [0.1, 0.15) is 0 Å². The summed E-state index contributed by atoms with van der Waals surface area (Å²) in [6, 6.07) is 8.58. The van der Waals surface area contributed by atoms with E-state index < -0.39 is 0 Å². The predicted octanol–water partition coefficient (Wildman–Crippen LogP) is 5.03. The van der Waals surface area contributed by atoms with Crippen LogP contribution < -0.4 is 4.90 Å². The third-order valence-corrected chi connectivity index (χ3v) is 7.71. The van der Waals surface area contributed by atoms with Gasteiger partial charge < -0.3 is 4.90 Å². The molecule has 3 atom stereocenters. The summed E-state index contributed by atoms with van der Waals surface area (Å²) in [6.07, 6.45) is 6.14. The molecule has 0 amide bonds. The van der Waals surface area contributed by atoms with Crippen LogP contribution in [0.3, 0.4) is 0 Å². The normalized spacial score (nSPS) is 32.8. The molecule has 0 aliphatic heterocycles. The Morgan fingerprint density at radius 2 is 1.86 bits per heavy atom. The monoisotopic (exact) mass is 316 g/mol. The number of hydrogen-bond donors (Lipinski definition) is 0. The fourth-order valence-electron chi connectivity index (χ4n) is 4.31. The summed E-state index contributed by atoms with van der Waals surface area (Å²) in [5, 5.41) is 0.679. The van der Waals surface area contributed by atoms with E-state index in [9.17, 15) is 0 Å². The molecule has 22 heavy (non-hydrogen) atoms. The van der Waals surface area contributed by atoms with E-state index in [0.29, 0.717) is 16.1 Å². The second-order valence-corrected chi connectivity index (χ2v) is 8.92. The van der Waals surface area contributed by atoms with Crippen LogP contribution in [-0.4, -0.2) is 25.6 Å². The molecular formula is C19H28N2S. The fourth-order valence-corrected chi connectivity index (χ4v) is 5.62. The molecule has 2 aliphatic rings. The molecule has 1 aromatic carbocycles. The largest absolute Gasteiger partial charge is 0.378 e. The molecule has 0 radical (unpaired) electrons. The Kier molecular flexibility index (Phi) is 4.05. The Hall–Kier alpha value is -0.960. The maximum absolute atomic E-state index is 4.71. The Morgan fingerprint density at radius 1 is 1.18 bits per heavy atom. The van der Waals surface area contributed by atoms with Crippen LogP contribution in [0.2, 0.25) is 0 Å². The molecule has 0 N–H and O–H groups in total. The van der Waals surface area contributed by atoms with E-state index in [1.54, 1.807) is 0 Å². The van der Waals surface area contributed by atoms with Crippen LogP contribution in [-0.2, 0) is 0 Å². The summed E-state index contributed by atoms with van der Waals surface area (Å²) < 4.78 is 4.71. The first-order chi connectivity index (χ1) is 10.3. The minimum Gasteiger partial charge on any atom is -0.378 e. The lowest BCUT2D eigenvalue weighted by Gasteiger charge is -2.38. The van der Waals surface area contributed by atoms with Gasteiger partial charge in [-0.3, -0.25) is 0 Å². The zero-order valence-electron chi connectivity index (χ0n) is 14.5. The molecular weight excluding hydrogens is 288 g/mol. The first-order valence-electron chi connectivity index (χ1n) is 8.31. The first-order valence-corrected chi connectivity index (χ1v) is 9.15. The fraction of sp³-hybridized carbons (Fsp3) is 0.632. The van der Waals surface area contributed by atoms with Crippen LogP contribution in [0.15, 0.2) is 28.7 Å². The average molecular weight is 317 g/mol. The van der Waals surface area contributed by atoms with E-state index in [2.05, 4.69) is 64.0 Å². The molecule has 0 unspecified atom stereocenters. The summed E-state index contributed by atoms with van der Waals surface area (Å²) >= 11 is 1.81. The van der Waals surface area contributed by atoms with Gasteiger partial charge in [0.25, 0.3) is 0 Å². The van der Waals surface area contributed by atoms with E-state index in [0.717, 1.165) is 5.92 Å². The summed E-state index contributed by atoms with van der Waals surface area (Å²) in [7, 11) is 4.13. The lowest BCUT2D eigenvalue weighted by atomic mass is 9.71. The zero-order chi connectivity index (χ0) is 16.0. The third kappa shape index (κ3) is 2.47. The molecule has 2 fully saturated rings. The molecule has 2 saturated carbocycles. The summed E-state index contributed by atoms with van der Waals surface area (Å²) in [6.45, 7) is 7.42. The zero-order valence-corrected chi connectivity index (χ0v) is 15.3.